The van der Waals surface area contributed by atoms with E-state index in [0.29, 0.717) is 24.0 Å². The molecule has 5 nitrogen and oxygen atoms in total. The number of carbonyl (C=O) groups excluding carboxylic acids is 1. The van der Waals surface area contributed by atoms with Crippen LogP contribution < -0.4 is 10.2 Å². The Bertz CT molecular complexity index is 575. The van der Waals surface area contributed by atoms with Crippen LogP contribution in [0.1, 0.15) is 39.0 Å². The summed E-state index contributed by atoms with van der Waals surface area (Å²) in [6.45, 7) is 5.55. The van der Waals surface area contributed by atoms with Gasteiger partial charge in [-0.25, -0.2) is 0 Å². The highest BCUT2D eigenvalue weighted by Crippen LogP contribution is 2.33. The summed E-state index contributed by atoms with van der Waals surface area (Å²) in [4.78, 5) is 20.1. The molecule has 2 aliphatic rings. The largest absolute Gasteiger partial charge is 0.367 e. The molecule has 1 aromatic rings. The van der Waals surface area contributed by atoms with Crippen LogP contribution in [0.2, 0.25) is 5.02 Å². The molecule has 0 saturated carbocycles. The van der Waals surface area contributed by atoms with Crippen molar-refractivity contribution in [2.45, 2.75) is 45.1 Å². The average molecular weight is 352 g/mol. The van der Waals surface area contributed by atoms with Crippen molar-refractivity contribution >= 4 is 28.9 Å². The molecule has 1 aromatic carbocycles. The Labute approximate surface area is 148 Å². The van der Waals surface area contributed by atoms with Gasteiger partial charge >= 0.3 is 0 Å². The Kier molecular flexibility index (Phi) is 5.98. The van der Waals surface area contributed by atoms with Crippen molar-refractivity contribution in [2.24, 2.45) is 0 Å². The zero-order valence-electron chi connectivity index (χ0n) is 14.3. The minimum atomic E-state index is -0.00122. The molecule has 132 valence electrons. The van der Waals surface area contributed by atoms with Gasteiger partial charge in [-0.05, 0) is 50.8 Å². The van der Waals surface area contributed by atoms with Crippen LogP contribution in [-0.2, 0) is 9.63 Å². The number of benzene rings is 1. The first-order valence-electron chi connectivity index (χ1n) is 8.87. The minimum absolute atomic E-state index is 0.00122. The fraction of sp³-hybridized carbons (Fsp3) is 0.611. The Balaban J connectivity index is 1.66. The number of amides is 1. The van der Waals surface area contributed by atoms with E-state index in [-0.39, 0.29) is 5.91 Å². The number of carbonyl (C=O) groups is 1. The summed E-state index contributed by atoms with van der Waals surface area (Å²) in [6, 6.07) is 6.24. The predicted octanol–water partition coefficient (Wildman–Crippen LogP) is 3.68. The van der Waals surface area contributed by atoms with Crippen molar-refractivity contribution in [2.75, 3.05) is 36.5 Å². The summed E-state index contributed by atoms with van der Waals surface area (Å²) >= 11 is 6.16. The molecular weight excluding hydrogens is 326 g/mol. The molecule has 0 aliphatic carbocycles. The third-order valence-electron chi connectivity index (χ3n) is 4.76. The summed E-state index contributed by atoms with van der Waals surface area (Å²) in [5.41, 5.74) is 1.88. The second kappa shape index (κ2) is 8.19. The lowest BCUT2D eigenvalue weighted by Crippen LogP contribution is -2.38. The molecule has 0 unspecified atom stereocenters. The third kappa shape index (κ3) is 4.41. The highest BCUT2D eigenvalue weighted by atomic mass is 35.5. The quantitative estimate of drug-likeness (QED) is 0.878. The monoisotopic (exact) mass is 351 g/mol. The SMILES string of the molecule is C[C@@H]1CCCCN1c1ccc(Cl)cc1NC(=O)CCN1CCCO1. The highest BCUT2D eigenvalue weighted by molar-refractivity contribution is 6.31. The van der Waals surface area contributed by atoms with E-state index in [1.54, 1.807) is 0 Å². The lowest BCUT2D eigenvalue weighted by atomic mass is 10.0. The van der Waals surface area contributed by atoms with Crippen LogP contribution in [0.5, 0.6) is 0 Å². The van der Waals surface area contributed by atoms with Crippen molar-refractivity contribution in [1.82, 2.24) is 5.06 Å². The summed E-state index contributed by atoms with van der Waals surface area (Å²) in [6.07, 6.45) is 5.09. The highest BCUT2D eigenvalue weighted by Gasteiger charge is 2.22. The van der Waals surface area contributed by atoms with Gasteiger partial charge < -0.3 is 10.2 Å². The van der Waals surface area contributed by atoms with Gasteiger partial charge in [0.25, 0.3) is 0 Å². The van der Waals surface area contributed by atoms with E-state index in [1.165, 1.54) is 19.3 Å². The molecule has 6 heteroatoms. The number of halogens is 1. The molecule has 3 rings (SSSR count). The van der Waals surface area contributed by atoms with Crippen LogP contribution in [-0.4, -0.2) is 43.3 Å². The fourth-order valence-electron chi connectivity index (χ4n) is 3.43. The third-order valence-corrected chi connectivity index (χ3v) is 4.99. The zero-order chi connectivity index (χ0) is 16.9. The predicted molar refractivity (Wildman–Crippen MR) is 97.5 cm³/mol. The molecule has 1 N–H and O–H groups in total. The summed E-state index contributed by atoms with van der Waals surface area (Å²) in [5.74, 6) is -0.00122. The second-order valence-corrected chi connectivity index (χ2v) is 7.05. The van der Waals surface area contributed by atoms with Gasteiger partial charge in [-0.1, -0.05) is 11.6 Å². The van der Waals surface area contributed by atoms with E-state index in [1.807, 2.05) is 23.3 Å². The first-order valence-corrected chi connectivity index (χ1v) is 9.25. The molecule has 0 radical (unpaired) electrons. The van der Waals surface area contributed by atoms with E-state index >= 15 is 0 Å². The van der Waals surface area contributed by atoms with E-state index < -0.39 is 0 Å². The maximum absolute atomic E-state index is 12.3. The standard InChI is InChI=1S/C18H26ClN3O2/c1-14-5-2-3-10-22(14)17-7-6-15(19)13-16(17)20-18(23)8-11-21-9-4-12-24-21/h6-7,13-14H,2-5,8-12H2,1H3,(H,20,23)/t14-/m1/s1. The Morgan fingerprint density at radius 1 is 1.33 bits per heavy atom. The first-order chi connectivity index (χ1) is 11.6. The number of nitrogens with zero attached hydrogens (tertiary/aromatic N) is 2. The minimum Gasteiger partial charge on any atom is -0.367 e. The molecule has 2 fully saturated rings. The van der Waals surface area contributed by atoms with Gasteiger partial charge in [0, 0.05) is 37.1 Å². The van der Waals surface area contributed by atoms with Crippen LogP contribution in [0, 0.1) is 0 Å². The van der Waals surface area contributed by atoms with E-state index in [4.69, 9.17) is 16.4 Å². The van der Waals surface area contributed by atoms with Crippen LogP contribution in [0.15, 0.2) is 18.2 Å². The molecular formula is C18H26ClN3O2. The fourth-order valence-corrected chi connectivity index (χ4v) is 3.60. The lowest BCUT2D eigenvalue weighted by Gasteiger charge is -2.36. The number of anilines is 2. The lowest BCUT2D eigenvalue weighted by molar-refractivity contribution is -0.126. The number of rotatable bonds is 5. The van der Waals surface area contributed by atoms with Crippen LogP contribution in [0.4, 0.5) is 11.4 Å². The topological polar surface area (TPSA) is 44.8 Å². The number of hydroxylamine groups is 2. The number of piperidine rings is 1. The molecule has 2 heterocycles. The Morgan fingerprint density at radius 2 is 2.21 bits per heavy atom. The smallest absolute Gasteiger partial charge is 0.225 e. The van der Waals surface area contributed by atoms with Gasteiger partial charge in [0.05, 0.1) is 18.0 Å². The molecule has 0 aromatic heterocycles. The number of hydrogen-bond acceptors (Lipinski definition) is 4. The van der Waals surface area contributed by atoms with Crippen molar-refractivity contribution in [3.8, 4) is 0 Å². The first kappa shape index (κ1) is 17.5. The molecule has 24 heavy (non-hydrogen) atoms. The van der Waals surface area contributed by atoms with E-state index in [0.717, 1.165) is 37.5 Å². The van der Waals surface area contributed by atoms with Crippen LogP contribution in [0.25, 0.3) is 0 Å². The van der Waals surface area contributed by atoms with Gasteiger partial charge in [-0.3, -0.25) is 9.63 Å². The molecule has 1 atom stereocenters. The second-order valence-electron chi connectivity index (χ2n) is 6.61. The van der Waals surface area contributed by atoms with Gasteiger partial charge in [-0.15, -0.1) is 0 Å². The van der Waals surface area contributed by atoms with Gasteiger partial charge in [0.15, 0.2) is 0 Å². The maximum atomic E-state index is 12.3. The van der Waals surface area contributed by atoms with Gasteiger partial charge in [-0.2, -0.15) is 5.06 Å². The maximum Gasteiger partial charge on any atom is 0.225 e. The molecule has 1 amide bonds. The average Bonchev–Trinajstić information content (AvgIpc) is 3.08. The number of hydrogen-bond donors (Lipinski definition) is 1. The molecule has 0 bridgehead atoms. The van der Waals surface area contributed by atoms with Gasteiger partial charge in [0.2, 0.25) is 5.91 Å². The van der Waals surface area contributed by atoms with Crippen LogP contribution in [0.3, 0.4) is 0 Å². The molecule has 2 aliphatic heterocycles. The van der Waals surface area contributed by atoms with Gasteiger partial charge in [0.1, 0.15) is 0 Å². The molecule has 2 saturated heterocycles. The van der Waals surface area contributed by atoms with Crippen molar-refractivity contribution in [3.05, 3.63) is 23.2 Å². The van der Waals surface area contributed by atoms with Crippen molar-refractivity contribution in [3.63, 3.8) is 0 Å². The normalized spacial score (nSPS) is 21.9. The Morgan fingerprint density at radius 3 is 2.96 bits per heavy atom. The zero-order valence-corrected chi connectivity index (χ0v) is 15.0. The van der Waals surface area contributed by atoms with Crippen molar-refractivity contribution < 1.29 is 9.63 Å². The van der Waals surface area contributed by atoms with Crippen molar-refractivity contribution in [1.29, 1.82) is 0 Å². The molecule has 0 spiro atoms. The summed E-state index contributed by atoms with van der Waals surface area (Å²) in [5, 5.41) is 5.55. The van der Waals surface area contributed by atoms with E-state index in [9.17, 15) is 4.79 Å². The van der Waals surface area contributed by atoms with E-state index in [2.05, 4.69) is 17.1 Å². The Hall–Kier alpha value is -1.30. The van der Waals surface area contributed by atoms with Crippen LogP contribution >= 0.6 is 11.6 Å². The summed E-state index contributed by atoms with van der Waals surface area (Å²) in [7, 11) is 0. The summed E-state index contributed by atoms with van der Waals surface area (Å²) < 4.78 is 0. The number of nitrogens with one attached hydrogen (secondary N) is 1.